The highest BCUT2D eigenvalue weighted by Crippen LogP contribution is 2.37. The van der Waals surface area contributed by atoms with Crippen LogP contribution in [0.5, 0.6) is 5.75 Å². The third-order valence-corrected chi connectivity index (χ3v) is 3.52. The maximum atomic E-state index is 12.6. The summed E-state index contributed by atoms with van der Waals surface area (Å²) in [6, 6.07) is 7.93. The Labute approximate surface area is 118 Å². The number of nitrogens with zero attached hydrogens (tertiary/aromatic N) is 1. The van der Waals surface area contributed by atoms with Crippen molar-refractivity contribution in [2.24, 2.45) is 0 Å². The summed E-state index contributed by atoms with van der Waals surface area (Å²) < 4.78 is 42.9. The molecule has 0 saturated carbocycles. The van der Waals surface area contributed by atoms with E-state index in [2.05, 4.69) is 4.98 Å². The number of hydrogen-bond acceptors (Lipinski definition) is 4. The number of aromatic nitrogens is 1. The van der Waals surface area contributed by atoms with Crippen molar-refractivity contribution in [2.45, 2.75) is 16.0 Å². The van der Waals surface area contributed by atoms with Crippen molar-refractivity contribution in [3.05, 3.63) is 42.2 Å². The van der Waals surface area contributed by atoms with Gasteiger partial charge in [-0.1, -0.05) is 17.8 Å². The van der Waals surface area contributed by atoms with E-state index in [1.807, 2.05) is 0 Å². The number of methoxy groups -OCH3 is 1. The van der Waals surface area contributed by atoms with Gasteiger partial charge in [-0.15, -0.1) is 0 Å². The molecule has 2 rings (SSSR count). The quantitative estimate of drug-likeness (QED) is 0.935. The van der Waals surface area contributed by atoms with Crippen LogP contribution < -0.4 is 10.5 Å². The number of nitrogen functional groups attached to an aromatic ring is 1. The fraction of sp³-hybridized carbons (Fsp3) is 0.154. The predicted octanol–water partition coefficient (Wildman–Crippen LogP) is 3.84. The Morgan fingerprint density at radius 1 is 1.25 bits per heavy atom. The molecule has 106 valence electrons. The predicted molar refractivity (Wildman–Crippen MR) is 70.8 cm³/mol. The molecule has 0 atom stereocenters. The molecular formula is C13H11F3N2OS. The zero-order chi connectivity index (χ0) is 14.8. The minimum Gasteiger partial charge on any atom is -0.497 e. The van der Waals surface area contributed by atoms with Crippen LogP contribution in [0, 0.1) is 0 Å². The van der Waals surface area contributed by atoms with Gasteiger partial charge in [0.15, 0.2) is 0 Å². The molecule has 0 fully saturated rings. The lowest BCUT2D eigenvalue weighted by Gasteiger charge is -2.10. The third kappa shape index (κ3) is 3.36. The highest BCUT2D eigenvalue weighted by atomic mass is 32.2. The van der Waals surface area contributed by atoms with Gasteiger partial charge in [0.1, 0.15) is 11.4 Å². The number of alkyl halides is 3. The first kappa shape index (κ1) is 14.5. The molecule has 0 unspecified atom stereocenters. The summed E-state index contributed by atoms with van der Waals surface area (Å²) in [5, 5.41) is 0. The molecule has 2 aromatic rings. The van der Waals surface area contributed by atoms with Crippen LogP contribution in [-0.4, -0.2) is 12.1 Å². The Morgan fingerprint density at radius 3 is 2.65 bits per heavy atom. The van der Waals surface area contributed by atoms with Gasteiger partial charge in [-0.3, -0.25) is 0 Å². The molecular weight excluding hydrogens is 289 g/mol. The van der Waals surface area contributed by atoms with Crippen molar-refractivity contribution in [1.82, 2.24) is 4.98 Å². The van der Waals surface area contributed by atoms with Gasteiger partial charge < -0.3 is 10.5 Å². The van der Waals surface area contributed by atoms with Gasteiger partial charge in [-0.25, -0.2) is 4.98 Å². The highest BCUT2D eigenvalue weighted by Gasteiger charge is 2.33. The Bertz CT molecular complexity index is 617. The number of anilines is 1. The summed E-state index contributed by atoms with van der Waals surface area (Å²) in [5.41, 5.74) is 4.91. The molecule has 1 aromatic carbocycles. The molecule has 1 aromatic heterocycles. The number of hydrogen-bond donors (Lipinski definition) is 1. The molecule has 0 spiro atoms. The van der Waals surface area contributed by atoms with E-state index in [-0.39, 0.29) is 5.69 Å². The Kier molecular flexibility index (Phi) is 4.08. The highest BCUT2D eigenvalue weighted by molar-refractivity contribution is 7.99. The van der Waals surface area contributed by atoms with E-state index >= 15 is 0 Å². The van der Waals surface area contributed by atoms with Gasteiger partial charge in [0.2, 0.25) is 0 Å². The standard InChI is InChI=1S/C13H11F3N2OS/c1-19-8-3-2-4-9(5-8)20-11-6-12(13(14,15)16)18-7-10(11)17/h2-7H,17H2,1H3. The number of rotatable bonds is 3. The summed E-state index contributed by atoms with van der Waals surface area (Å²) in [5.74, 6) is 0.624. The number of benzene rings is 1. The monoisotopic (exact) mass is 300 g/mol. The lowest BCUT2D eigenvalue weighted by Crippen LogP contribution is -2.08. The fourth-order valence-electron chi connectivity index (χ4n) is 1.48. The first-order valence-corrected chi connectivity index (χ1v) is 6.36. The maximum absolute atomic E-state index is 12.6. The van der Waals surface area contributed by atoms with E-state index in [9.17, 15) is 13.2 Å². The molecule has 0 amide bonds. The summed E-state index contributed by atoms with van der Waals surface area (Å²) in [6.45, 7) is 0. The Hall–Kier alpha value is -1.89. The van der Waals surface area contributed by atoms with E-state index < -0.39 is 11.9 Å². The SMILES string of the molecule is COc1cccc(Sc2cc(C(F)(F)F)ncc2N)c1. The van der Waals surface area contributed by atoms with Gasteiger partial charge in [-0.2, -0.15) is 13.2 Å². The zero-order valence-electron chi connectivity index (χ0n) is 10.4. The molecule has 0 bridgehead atoms. The van der Waals surface area contributed by atoms with Crippen molar-refractivity contribution < 1.29 is 17.9 Å². The minimum absolute atomic E-state index is 0.200. The summed E-state index contributed by atoms with van der Waals surface area (Å²) in [7, 11) is 1.52. The minimum atomic E-state index is -4.49. The van der Waals surface area contributed by atoms with Gasteiger partial charge in [0.25, 0.3) is 0 Å². The van der Waals surface area contributed by atoms with E-state index in [4.69, 9.17) is 10.5 Å². The smallest absolute Gasteiger partial charge is 0.433 e. The third-order valence-electron chi connectivity index (χ3n) is 2.45. The second-order valence-electron chi connectivity index (χ2n) is 3.89. The Morgan fingerprint density at radius 2 is 2.00 bits per heavy atom. The summed E-state index contributed by atoms with van der Waals surface area (Å²) in [6.07, 6.45) is -3.47. The van der Waals surface area contributed by atoms with Crippen molar-refractivity contribution >= 4 is 17.4 Å². The van der Waals surface area contributed by atoms with E-state index in [0.29, 0.717) is 10.6 Å². The van der Waals surface area contributed by atoms with Crippen LogP contribution in [0.2, 0.25) is 0 Å². The normalized spacial score (nSPS) is 11.4. The number of ether oxygens (including phenoxy) is 1. The van der Waals surface area contributed by atoms with Gasteiger partial charge in [0, 0.05) is 9.79 Å². The molecule has 0 saturated heterocycles. The van der Waals surface area contributed by atoms with Crippen molar-refractivity contribution in [1.29, 1.82) is 0 Å². The van der Waals surface area contributed by atoms with Crippen molar-refractivity contribution in [3.63, 3.8) is 0 Å². The van der Waals surface area contributed by atoms with E-state index in [0.717, 1.165) is 28.9 Å². The average molecular weight is 300 g/mol. The van der Waals surface area contributed by atoms with Crippen LogP contribution in [0.1, 0.15) is 5.69 Å². The second-order valence-corrected chi connectivity index (χ2v) is 5.00. The molecule has 2 N–H and O–H groups in total. The molecule has 0 aliphatic rings. The van der Waals surface area contributed by atoms with E-state index in [1.165, 1.54) is 7.11 Å². The molecule has 20 heavy (non-hydrogen) atoms. The van der Waals surface area contributed by atoms with Gasteiger partial charge in [0.05, 0.1) is 19.0 Å². The van der Waals surface area contributed by atoms with Crippen LogP contribution in [0.3, 0.4) is 0 Å². The lowest BCUT2D eigenvalue weighted by molar-refractivity contribution is -0.141. The molecule has 7 heteroatoms. The lowest BCUT2D eigenvalue weighted by atomic mass is 10.3. The first-order chi connectivity index (χ1) is 9.40. The summed E-state index contributed by atoms with van der Waals surface area (Å²) in [4.78, 5) is 4.34. The molecule has 1 heterocycles. The van der Waals surface area contributed by atoms with Crippen LogP contribution in [-0.2, 0) is 6.18 Å². The zero-order valence-corrected chi connectivity index (χ0v) is 11.3. The fourth-order valence-corrected chi connectivity index (χ4v) is 2.40. The van der Waals surface area contributed by atoms with Crippen LogP contribution in [0.4, 0.5) is 18.9 Å². The first-order valence-electron chi connectivity index (χ1n) is 5.55. The van der Waals surface area contributed by atoms with Crippen LogP contribution >= 0.6 is 11.8 Å². The van der Waals surface area contributed by atoms with Gasteiger partial charge in [-0.05, 0) is 24.3 Å². The van der Waals surface area contributed by atoms with E-state index in [1.54, 1.807) is 24.3 Å². The molecule has 0 radical (unpaired) electrons. The van der Waals surface area contributed by atoms with Crippen molar-refractivity contribution in [2.75, 3.05) is 12.8 Å². The van der Waals surface area contributed by atoms with Crippen LogP contribution in [0.15, 0.2) is 46.3 Å². The second kappa shape index (κ2) is 5.62. The van der Waals surface area contributed by atoms with Crippen molar-refractivity contribution in [3.8, 4) is 5.75 Å². The average Bonchev–Trinajstić information content (AvgIpc) is 2.40. The molecule has 3 nitrogen and oxygen atoms in total. The largest absolute Gasteiger partial charge is 0.497 e. The van der Waals surface area contributed by atoms with Crippen LogP contribution in [0.25, 0.3) is 0 Å². The number of halogens is 3. The maximum Gasteiger partial charge on any atom is 0.433 e. The Balaban J connectivity index is 2.32. The van der Waals surface area contributed by atoms with Gasteiger partial charge >= 0.3 is 6.18 Å². The number of pyridine rings is 1. The molecule has 0 aliphatic heterocycles. The number of nitrogens with two attached hydrogens (primary N) is 1. The summed E-state index contributed by atoms with van der Waals surface area (Å²) >= 11 is 1.13. The molecule has 0 aliphatic carbocycles. The topological polar surface area (TPSA) is 48.1 Å².